The molecule has 0 bridgehead atoms. The zero-order valence-corrected chi connectivity index (χ0v) is 10.5. The van der Waals surface area contributed by atoms with Crippen LogP contribution in [0.2, 0.25) is 10.0 Å². The maximum absolute atomic E-state index is 11.8. The molecule has 6 heteroatoms. The molecule has 1 N–H and O–H groups in total. The molecule has 0 unspecified atom stereocenters. The van der Waals surface area contributed by atoms with Crippen molar-refractivity contribution in [1.29, 1.82) is 0 Å². The number of carbonyl (C=O) groups is 1. The van der Waals surface area contributed by atoms with Crippen LogP contribution in [0.15, 0.2) is 30.5 Å². The Kier molecular flexibility index (Phi) is 3.36. The molecular weight excluding hydrogens is 261 g/mol. The average molecular weight is 270 g/mol. The number of anilines is 1. The van der Waals surface area contributed by atoms with Crippen molar-refractivity contribution in [3.05, 3.63) is 46.2 Å². The molecule has 0 atom stereocenters. The Labute approximate surface area is 108 Å². The number of benzene rings is 1. The van der Waals surface area contributed by atoms with E-state index in [0.29, 0.717) is 21.4 Å². The number of aryl methyl sites for hydroxylation is 1. The van der Waals surface area contributed by atoms with E-state index in [-0.39, 0.29) is 5.91 Å². The molecule has 1 aromatic heterocycles. The maximum Gasteiger partial charge on any atom is 0.276 e. The van der Waals surface area contributed by atoms with Crippen LogP contribution < -0.4 is 5.32 Å². The van der Waals surface area contributed by atoms with E-state index in [4.69, 9.17) is 23.2 Å². The molecule has 0 saturated heterocycles. The van der Waals surface area contributed by atoms with E-state index < -0.39 is 0 Å². The van der Waals surface area contributed by atoms with Gasteiger partial charge in [-0.05, 0) is 24.3 Å². The van der Waals surface area contributed by atoms with Gasteiger partial charge in [-0.3, -0.25) is 9.48 Å². The molecule has 2 rings (SSSR count). The van der Waals surface area contributed by atoms with Gasteiger partial charge in [-0.25, -0.2) is 0 Å². The number of nitrogens with one attached hydrogen (secondary N) is 1. The van der Waals surface area contributed by atoms with Gasteiger partial charge in [0.25, 0.3) is 5.91 Å². The summed E-state index contributed by atoms with van der Waals surface area (Å²) >= 11 is 11.7. The molecule has 88 valence electrons. The molecule has 0 aliphatic rings. The number of amides is 1. The second-order valence-electron chi connectivity index (χ2n) is 3.49. The highest BCUT2D eigenvalue weighted by molar-refractivity contribution is 6.35. The van der Waals surface area contributed by atoms with Gasteiger partial charge >= 0.3 is 0 Å². The van der Waals surface area contributed by atoms with Crippen molar-refractivity contribution in [3.8, 4) is 0 Å². The first-order valence-corrected chi connectivity index (χ1v) is 5.57. The van der Waals surface area contributed by atoms with Crippen molar-refractivity contribution < 1.29 is 4.79 Å². The maximum atomic E-state index is 11.8. The third-order valence-electron chi connectivity index (χ3n) is 2.07. The molecule has 0 spiro atoms. The molecule has 1 amide bonds. The van der Waals surface area contributed by atoms with E-state index in [0.717, 1.165) is 0 Å². The molecular formula is C11H9Cl2N3O. The predicted molar refractivity (Wildman–Crippen MR) is 67.6 cm³/mol. The average Bonchev–Trinajstić information content (AvgIpc) is 2.63. The van der Waals surface area contributed by atoms with Crippen molar-refractivity contribution in [3.63, 3.8) is 0 Å². The highest BCUT2D eigenvalue weighted by Crippen LogP contribution is 2.22. The molecule has 17 heavy (non-hydrogen) atoms. The fraction of sp³-hybridized carbons (Fsp3) is 0.0909. The Balaban J connectivity index is 2.18. The van der Waals surface area contributed by atoms with Gasteiger partial charge in [-0.15, -0.1) is 0 Å². The first kappa shape index (κ1) is 12.0. The normalized spacial score (nSPS) is 10.3. The Morgan fingerprint density at radius 3 is 2.47 bits per heavy atom. The van der Waals surface area contributed by atoms with Crippen molar-refractivity contribution in [2.75, 3.05) is 5.32 Å². The smallest absolute Gasteiger partial charge is 0.276 e. The Morgan fingerprint density at radius 2 is 1.94 bits per heavy atom. The van der Waals surface area contributed by atoms with Crippen molar-refractivity contribution in [2.24, 2.45) is 7.05 Å². The van der Waals surface area contributed by atoms with Crippen LogP contribution in [0.5, 0.6) is 0 Å². The summed E-state index contributed by atoms with van der Waals surface area (Å²) in [5, 5.41) is 7.59. The summed E-state index contributed by atoms with van der Waals surface area (Å²) in [7, 11) is 1.74. The summed E-state index contributed by atoms with van der Waals surface area (Å²) < 4.78 is 1.56. The zero-order valence-electron chi connectivity index (χ0n) is 8.95. The third kappa shape index (κ3) is 2.99. The minimum absolute atomic E-state index is 0.302. The molecule has 2 aromatic rings. The van der Waals surface area contributed by atoms with Crippen LogP contribution in [-0.2, 0) is 7.05 Å². The lowest BCUT2D eigenvalue weighted by Crippen LogP contribution is -2.13. The van der Waals surface area contributed by atoms with Crippen molar-refractivity contribution >= 4 is 34.8 Å². The monoisotopic (exact) mass is 269 g/mol. The fourth-order valence-corrected chi connectivity index (χ4v) is 1.88. The molecule has 0 fully saturated rings. The Morgan fingerprint density at radius 1 is 1.29 bits per heavy atom. The predicted octanol–water partition coefficient (Wildman–Crippen LogP) is 2.98. The van der Waals surface area contributed by atoms with Gasteiger partial charge in [0.1, 0.15) is 0 Å². The van der Waals surface area contributed by atoms with E-state index in [1.807, 2.05) is 0 Å². The molecule has 0 saturated carbocycles. The minimum atomic E-state index is -0.302. The molecule has 0 radical (unpaired) electrons. The lowest BCUT2D eigenvalue weighted by atomic mass is 10.3. The molecule has 1 heterocycles. The van der Waals surface area contributed by atoms with Crippen LogP contribution in [-0.4, -0.2) is 15.7 Å². The number of hydrogen-bond acceptors (Lipinski definition) is 2. The number of rotatable bonds is 2. The van der Waals surface area contributed by atoms with Crippen LogP contribution in [0.1, 0.15) is 10.5 Å². The summed E-state index contributed by atoms with van der Waals surface area (Å²) in [6.07, 6.45) is 1.69. The summed E-state index contributed by atoms with van der Waals surface area (Å²) in [6.45, 7) is 0. The quantitative estimate of drug-likeness (QED) is 0.911. The van der Waals surface area contributed by atoms with Gasteiger partial charge in [0.05, 0.1) is 0 Å². The van der Waals surface area contributed by atoms with Gasteiger partial charge in [-0.1, -0.05) is 23.2 Å². The van der Waals surface area contributed by atoms with Gasteiger partial charge in [0.15, 0.2) is 5.69 Å². The SMILES string of the molecule is Cn1ccc(C(=O)Nc2cc(Cl)cc(Cl)c2)n1. The van der Waals surface area contributed by atoms with Gasteiger partial charge in [-0.2, -0.15) is 5.10 Å². The number of aromatic nitrogens is 2. The van der Waals surface area contributed by atoms with Crippen LogP contribution in [0, 0.1) is 0 Å². The first-order chi connectivity index (χ1) is 8.04. The van der Waals surface area contributed by atoms with Crippen molar-refractivity contribution in [2.45, 2.75) is 0 Å². The van der Waals surface area contributed by atoms with Crippen LogP contribution in [0.25, 0.3) is 0 Å². The summed E-state index contributed by atoms with van der Waals surface area (Å²) in [6, 6.07) is 6.46. The minimum Gasteiger partial charge on any atom is -0.320 e. The van der Waals surface area contributed by atoms with Crippen LogP contribution in [0.4, 0.5) is 5.69 Å². The van der Waals surface area contributed by atoms with Crippen molar-refractivity contribution in [1.82, 2.24) is 9.78 Å². The summed E-state index contributed by atoms with van der Waals surface area (Å²) in [4.78, 5) is 11.8. The Hall–Kier alpha value is -1.52. The van der Waals surface area contributed by atoms with Gasteiger partial charge in [0, 0.05) is 29.0 Å². The topological polar surface area (TPSA) is 46.9 Å². The highest BCUT2D eigenvalue weighted by Gasteiger charge is 2.09. The van der Waals surface area contributed by atoms with E-state index in [1.54, 1.807) is 42.2 Å². The summed E-state index contributed by atoms with van der Waals surface area (Å²) in [5.74, 6) is -0.302. The third-order valence-corrected chi connectivity index (χ3v) is 2.50. The largest absolute Gasteiger partial charge is 0.320 e. The standard InChI is InChI=1S/C11H9Cl2N3O/c1-16-3-2-10(15-16)11(17)14-9-5-7(12)4-8(13)6-9/h2-6H,1H3,(H,14,17). The second kappa shape index (κ2) is 4.77. The highest BCUT2D eigenvalue weighted by atomic mass is 35.5. The fourth-order valence-electron chi connectivity index (χ4n) is 1.36. The second-order valence-corrected chi connectivity index (χ2v) is 4.36. The van der Waals surface area contributed by atoms with Crippen LogP contribution >= 0.6 is 23.2 Å². The first-order valence-electron chi connectivity index (χ1n) is 4.82. The van der Waals surface area contributed by atoms with Crippen LogP contribution in [0.3, 0.4) is 0 Å². The molecule has 1 aromatic carbocycles. The van der Waals surface area contributed by atoms with E-state index >= 15 is 0 Å². The number of nitrogens with zero attached hydrogens (tertiary/aromatic N) is 2. The number of carbonyl (C=O) groups excluding carboxylic acids is 1. The van der Waals surface area contributed by atoms with E-state index in [1.165, 1.54) is 0 Å². The lowest BCUT2D eigenvalue weighted by molar-refractivity contribution is 0.102. The number of halogens is 2. The number of hydrogen-bond donors (Lipinski definition) is 1. The molecule has 4 nitrogen and oxygen atoms in total. The molecule has 0 aliphatic heterocycles. The van der Waals surface area contributed by atoms with Gasteiger partial charge < -0.3 is 5.32 Å². The summed E-state index contributed by atoms with van der Waals surface area (Å²) in [5.41, 5.74) is 0.877. The Bertz CT molecular complexity index is 545. The molecule has 0 aliphatic carbocycles. The zero-order chi connectivity index (χ0) is 12.4. The van der Waals surface area contributed by atoms with Gasteiger partial charge in [0.2, 0.25) is 0 Å². The van der Waals surface area contributed by atoms with E-state index in [9.17, 15) is 4.79 Å². The van der Waals surface area contributed by atoms with E-state index in [2.05, 4.69) is 10.4 Å². The lowest BCUT2D eigenvalue weighted by Gasteiger charge is -2.04.